The van der Waals surface area contributed by atoms with Gasteiger partial charge in [-0.3, -0.25) is 9.59 Å². The lowest BCUT2D eigenvalue weighted by atomic mass is 9.96. The van der Waals surface area contributed by atoms with Gasteiger partial charge in [0.05, 0.1) is 0 Å². The Balaban J connectivity index is 0.00000400. The Morgan fingerprint density at radius 1 is 1.19 bits per heavy atom. The molecule has 5 nitrogen and oxygen atoms in total. The molecule has 21 heavy (non-hydrogen) atoms. The van der Waals surface area contributed by atoms with E-state index in [1.54, 1.807) is 0 Å². The second-order valence-electron chi connectivity index (χ2n) is 6.05. The highest BCUT2D eigenvalue weighted by Gasteiger charge is 2.12. The molecule has 1 unspecified atom stereocenters. The first kappa shape index (κ1) is 20.2. The van der Waals surface area contributed by atoms with Gasteiger partial charge in [-0.05, 0) is 44.2 Å². The first-order chi connectivity index (χ1) is 9.58. The number of carbonyl (C=O) groups is 2. The molecule has 1 aliphatic heterocycles. The van der Waals surface area contributed by atoms with Gasteiger partial charge in [0.1, 0.15) is 0 Å². The summed E-state index contributed by atoms with van der Waals surface area (Å²) in [4.78, 5) is 23.0. The van der Waals surface area contributed by atoms with E-state index in [-0.39, 0.29) is 24.2 Å². The van der Waals surface area contributed by atoms with Crippen LogP contribution in [0.15, 0.2) is 0 Å². The summed E-state index contributed by atoms with van der Waals surface area (Å²) in [5.74, 6) is 1.10. The molecule has 1 heterocycles. The Kier molecular flexibility index (Phi) is 11.4. The smallest absolute Gasteiger partial charge is 0.221 e. The maximum absolute atomic E-state index is 11.6. The predicted molar refractivity (Wildman–Crippen MR) is 87.6 cm³/mol. The van der Waals surface area contributed by atoms with Crippen molar-refractivity contribution in [3.8, 4) is 0 Å². The molecule has 0 aromatic rings. The summed E-state index contributed by atoms with van der Waals surface area (Å²) < 4.78 is 0. The van der Waals surface area contributed by atoms with Gasteiger partial charge >= 0.3 is 0 Å². The maximum Gasteiger partial charge on any atom is 0.221 e. The van der Waals surface area contributed by atoms with Crippen LogP contribution in [0.5, 0.6) is 0 Å². The zero-order valence-corrected chi connectivity index (χ0v) is 14.1. The van der Waals surface area contributed by atoms with Gasteiger partial charge in [-0.1, -0.05) is 13.8 Å². The van der Waals surface area contributed by atoms with E-state index in [4.69, 9.17) is 0 Å². The number of carbonyl (C=O) groups excluding carboxylic acids is 2. The Hall–Kier alpha value is -0.810. The first-order valence-corrected chi connectivity index (χ1v) is 7.82. The fourth-order valence-corrected chi connectivity index (χ4v) is 2.43. The van der Waals surface area contributed by atoms with Crippen LogP contribution < -0.4 is 16.0 Å². The molecule has 0 aliphatic carbocycles. The molecule has 3 N–H and O–H groups in total. The third kappa shape index (κ3) is 10.5. The molecule has 0 saturated carbocycles. The summed E-state index contributed by atoms with van der Waals surface area (Å²) in [6, 6.07) is 0. The molecule has 6 heteroatoms. The molecule has 2 amide bonds. The van der Waals surface area contributed by atoms with Crippen LogP contribution in [0.1, 0.15) is 46.0 Å². The van der Waals surface area contributed by atoms with Gasteiger partial charge in [-0.25, -0.2) is 0 Å². The van der Waals surface area contributed by atoms with E-state index in [1.165, 1.54) is 12.8 Å². The molecule has 0 radical (unpaired) electrons. The monoisotopic (exact) mass is 319 g/mol. The fourth-order valence-electron chi connectivity index (χ4n) is 2.43. The minimum Gasteiger partial charge on any atom is -0.356 e. The van der Waals surface area contributed by atoms with E-state index in [2.05, 4.69) is 16.0 Å². The van der Waals surface area contributed by atoms with Crippen LogP contribution in [0, 0.1) is 11.8 Å². The summed E-state index contributed by atoms with van der Waals surface area (Å²) in [5.41, 5.74) is 0. The number of hydrogen-bond acceptors (Lipinski definition) is 3. The molecular formula is C15H30ClN3O2. The van der Waals surface area contributed by atoms with Crippen molar-refractivity contribution < 1.29 is 9.59 Å². The van der Waals surface area contributed by atoms with E-state index in [0.717, 1.165) is 26.1 Å². The molecule has 0 spiro atoms. The second-order valence-corrected chi connectivity index (χ2v) is 6.05. The van der Waals surface area contributed by atoms with Crippen molar-refractivity contribution in [2.45, 2.75) is 46.0 Å². The summed E-state index contributed by atoms with van der Waals surface area (Å²) >= 11 is 0. The largest absolute Gasteiger partial charge is 0.356 e. The average molecular weight is 320 g/mol. The summed E-state index contributed by atoms with van der Waals surface area (Å²) in [6.45, 7) is 7.38. The van der Waals surface area contributed by atoms with E-state index in [9.17, 15) is 9.59 Å². The number of halogens is 1. The SMILES string of the molecule is CC(C)CC(=O)NCCC(=O)NCCC1CCCNC1.Cl. The van der Waals surface area contributed by atoms with Crippen molar-refractivity contribution in [1.29, 1.82) is 0 Å². The molecule has 0 aromatic carbocycles. The molecule has 1 fully saturated rings. The summed E-state index contributed by atoms with van der Waals surface area (Å²) in [6.07, 6.45) is 4.43. The van der Waals surface area contributed by atoms with Crippen molar-refractivity contribution in [2.75, 3.05) is 26.2 Å². The van der Waals surface area contributed by atoms with Crippen molar-refractivity contribution in [1.82, 2.24) is 16.0 Å². The molecule has 0 bridgehead atoms. The van der Waals surface area contributed by atoms with Crippen LogP contribution >= 0.6 is 12.4 Å². The highest BCUT2D eigenvalue weighted by atomic mass is 35.5. The van der Waals surface area contributed by atoms with Crippen LogP contribution in [0.2, 0.25) is 0 Å². The van der Waals surface area contributed by atoms with Crippen LogP contribution in [0.3, 0.4) is 0 Å². The van der Waals surface area contributed by atoms with Gasteiger partial charge in [0.2, 0.25) is 11.8 Å². The lowest BCUT2D eigenvalue weighted by Gasteiger charge is -2.22. The Morgan fingerprint density at radius 3 is 2.52 bits per heavy atom. The second kappa shape index (κ2) is 11.8. The zero-order chi connectivity index (χ0) is 14.8. The van der Waals surface area contributed by atoms with E-state index in [1.807, 2.05) is 13.8 Å². The molecule has 1 saturated heterocycles. The standard InChI is InChI=1S/C15H29N3O2.ClH/c1-12(2)10-15(20)18-9-6-14(19)17-8-5-13-4-3-7-16-11-13;/h12-13,16H,3-11H2,1-2H3,(H,17,19)(H,18,20);1H. The van der Waals surface area contributed by atoms with Gasteiger partial charge in [0.15, 0.2) is 0 Å². The number of hydrogen-bond donors (Lipinski definition) is 3. The molecule has 1 atom stereocenters. The first-order valence-electron chi connectivity index (χ1n) is 7.82. The van der Waals surface area contributed by atoms with Crippen LogP contribution in [0.4, 0.5) is 0 Å². The molecule has 0 aromatic heterocycles. The highest BCUT2D eigenvalue weighted by Crippen LogP contribution is 2.12. The number of piperidine rings is 1. The third-order valence-corrected chi connectivity index (χ3v) is 3.54. The Labute approximate surface area is 134 Å². The van der Waals surface area contributed by atoms with Crippen molar-refractivity contribution in [3.05, 3.63) is 0 Å². The van der Waals surface area contributed by atoms with E-state index in [0.29, 0.717) is 31.2 Å². The van der Waals surface area contributed by atoms with E-state index >= 15 is 0 Å². The zero-order valence-electron chi connectivity index (χ0n) is 13.2. The van der Waals surface area contributed by atoms with Crippen LogP contribution in [0.25, 0.3) is 0 Å². The highest BCUT2D eigenvalue weighted by molar-refractivity contribution is 5.85. The summed E-state index contributed by atoms with van der Waals surface area (Å²) in [7, 11) is 0. The number of rotatable bonds is 8. The summed E-state index contributed by atoms with van der Waals surface area (Å²) in [5, 5.41) is 9.08. The Bertz CT molecular complexity index is 305. The molecule has 1 rings (SSSR count). The van der Waals surface area contributed by atoms with Gasteiger partial charge in [0.25, 0.3) is 0 Å². The minimum atomic E-state index is 0. The average Bonchev–Trinajstić information content (AvgIpc) is 2.39. The van der Waals surface area contributed by atoms with Crippen LogP contribution in [-0.4, -0.2) is 38.0 Å². The van der Waals surface area contributed by atoms with Gasteiger partial charge in [-0.15, -0.1) is 12.4 Å². The normalized spacial score (nSPS) is 18.0. The lowest BCUT2D eigenvalue weighted by Crippen LogP contribution is -2.34. The van der Waals surface area contributed by atoms with Gasteiger partial charge < -0.3 is 16.0 Å². The topological polar surface area (TPSA) is 70.2 Å². The molecule has 1 aliphatic rings. The fraction of sp³-hybridized carbons (Fsp3) is 0.867. The number of amides is 2. The van der Waals surface area contributed by atoms with Gasteiger partial charge in [-0.2, -0.15) is 0 Å². The quantitative estimate of drug-likeness (QED) is 0.634. The van der Waals surface area contributed by atoms with Crippen molar-refractivity contribution >= 4 is 24.2 Å². The Morgan fingerprint density at radius 2 is 1.90 bits per heavy atom. The molecule has 124 valence electrons. The number of nitrogens with one attached hydrogen (secondary N) is 3. The predicted octanol–water partition coefficient (Wildman–Crippen LogP) is 1.47. The van der Waals surface area contributed by atoms with Crippen molar-refractivity contribution in [3.63, 3.8) is 0 Å². The maximum atomic E-state index is 11.6. The molecular weight excluding hydrogens is 290 g/mol. The third-order valence-electron chi connectivity index (χ3n) is 3.54. The van der Waals surface area contributed by atoms with Crippen LogP contribution in [-0.2, 0) is 9.59 Å². The lowest BCUT2D eigenvalue weighted by molar-refractivity contribution is -0.122. The van der Waals surface area contributed by atoms with E-state index < -0.39 is 0 Å². The van der Waals surface area contributed by atoms with Crippen molar-refractivity contribution in [2.24, 2.45) is 11.8 Å². The minimum absolute atomic E-state index is 0. The van der Waals surface area contributed by atoms with Gasteiger partial charge in [0, 0.05) is 25.9 Å².